The van der Waals surface area contributed by atoms with Crippen LogP contribution in [0, 0.1) is 0 Å². The van der Waals surface area contributed by atoms with Gasteiger partial charge in [-0.15, -0.1) is 17.0 Å². The Morgan fingerprint density at radius 2 is 1.07 bits per heavy atom. The molecule has 0 saturated carbocycles. The standard InChI is InChI=1S/C25H29O2P.BrH/c1-21(25(26-2)27-3)19-20-28(22-13-7-4-8-14-22,23-15-9-5-10-16-23)24-17-11-6-12-18-24;/h4-19,25,28H,20H2,1-3H3;1H. The molecule has 0 radical (unpaired) electrons. The third-order valence-corrected chi connectivity index (χ3v) is 10.1. The monoisotopic (exact) mass is 472 g/mol. The first-order chi connectivity index (χ1) is 13.7. The van der Waals surface area contributed by atoms with Crippen molar-refractivity contribution in [1.29, 1.82) is 0 Å². The van der Waals surface area contributed by atoms with Crippen LogP contribution >= 0.6 is 24.2 Å². The number of hydrogen-bond acceptors (Lipinski definition) is 2. The molecule has 4 heteroatoms. The van der Waals surface area contributed by atoms with Crippen LogP contribution in [0.4, 0.5) is 0 Å². The normalized spacial score (nSPS) is 12.5. The van der Waals surface area contributed by atoms with Crippen molar-refractivity contribution in [2.24, 2.45) is 0 Å². The van der Waals surface area contributed by atoms with Gasteiger partial charge < -0.3 is 0 Å². The zero-order chi connectivity index (χ0) is 19.8. The van der Waals surface area contributed by atoms with Crippen LogP contribution in [0.1, 0.15) is 6.92 Å². The number of hydrogen-bond donors (Lipinski definition) is 0. The minimum atomic E-state index is -2.25. The summed E-state index contributed by atoms with van der Waals surface area (Å²) in [6.45, 7) is 2.08. The summed E-state index contributed by atoms with van der Waals surface area (Å²) in [5.74, 6) is 0. The van der Waals surface area contributed by atoms with E-state index in [4.69, 9.17) is 9.47 Å². The van der Waals surface area contributed by atoms with Gasteiger partial charge in [0.25, 0.3) is 0 Å². The number of ether oxygens (including phenoxy) is 2. The van der Waals surface area contributed by atoms with E-state index in [1.165, 1.54) is 15.9 Å². The van der Waals surface area contributed by atoms with Gasteiger partial charge in [-0.05, 0) is 0 Å². The molecule has 0 saturated heterocycles. The number of allylic oxidation sites excluding steroid dienone is 1. The van der Waals surface area contributed by atoms with Crippen LogP contribution in [-0.4, -0.2) is 26.7 Å². The molecule has 3 aromatic carbocycles. The quantitative estimate of drug-likeness (QED) is 0.265. The van der Waals surface area contributed by atoms with E-state index in [-0.39, 0.29) is 23.3 Å². The van der Waals surface area contributed by atoms with Crippen molar-refractivity contribution in [3.63, 3.8) is 0 Å². The van der Waals surface area contributed by atoms with Crippen LogP contribution in [-0.2, 0) is 9.47 Å². The number of benzene rings is 3. The fraction of sp³-hybridized carbons (Fsp3) is 0.200. The molecule has 0 aromatic heterocycles. The maximum absolute atomic E-state index is 5.47. The Labute approximate surface area is 185 Å². The molecule has 0 spiro atoms. The van der Waals surface area contributed by atoms with Gasteiger partial charge in [0, 0.05) is 0 Å². The zero-order valence-electron chi connectivity index (χ0n) is 17.2. The average molecular weight is 473 g/mol. The molecule has 0 aliphatic heterocycles. The second-order valence-electron chi connectivity index (χ2n) is 6.96. The fourth-order valence-electron chi connectivity index (χ4n) is 3.90. The Balaban J connectivity index is 0.00000300. The molecule has 0 heterocycles. The summed E-state index contributed by atoms with van der Waals surface area (Å²) < 4.78 is 10.9. The van der Waals surface area contributed by atoms with Crippen molar-refractivity contribution >= 4 is 40.2 Å². The van der Waals surface area contributed by atoms with Crippen LogP contribution in [0.15, 0.2) is 103 Å². The molecule has 0 atom stereocenters. The number of halogens is 1. The van der Waals surface area contributed by atoms with Gasteiger partial charge in [-0.2, -0.15) is 0 Å². The van der Waals surface area contributed by atoms with E-state index in [1.807, 2.05) is 0 Å². The van der Waals surface area contributed by atoms with Gasteiger partial charge >= 0.3 is 169 Å². The first-order valence-electron chi connectivity index (χ1n) is 9.61. The fourth-order valence-corrected chi connectivity index (χ4v) is 8.52. The van der Waals surface area contributed by atoms with Gasteiger partial charge in [0.1, 0.15) is 0 Å². The molecule has 0 N–H and O–H groups in total. The van der Waals surface area contributed by atoms with E-state index in [9.17, 15) is 0 Å². The number of rotatable bonds is 8. The molecule has 0 unspecified atom stereocenters. The topological polar surface area (TPSA) is 18.5 Å². The number of methoxy groups -OCH3 is 2. The van der Waals surface area contributed by atoms with Crippen molar-refractivity contribution < 1.29 is 9.47 Å². The summed E-state index contributed by atoms with van der Waals surface area (Å²) in [5, 5.41) is 4.22. The first-order valence-corrected chi connectivity index (χ1v) is 11.8. The summed E-state index contributed by atoms with van der Waals surface area (Å²) in [7, 11) is 1.12. The molecule has 0 bridgehead atoms. The molecule has 3 rings (SSSR count). The third kappa shape index (κ3) is 5.24. The summed E-state index contributed by atoms with van der Waals surface area (Å²) >= 11 is 0. The molecule has 29 heavy (non-hydrogen) atoms. The average Bonchev–Trinajstić information content (AvgIpc) is 2.77. The molecule has 154 valence electrons. The van der Waals surface area contributed by atoms with Gasteiger partial charge in [-0.1, -0.05) is 0 Å². The van der Waals surface area contributed by atoms with Crippen molar-refractivity contribution in [2.45, 2.75) is 13.2 Å². The molecular weight excluding hydrogens is 443 g/mol. The molecule has 0 fully saturated rings. The molecule has 0 aliphatic carbocycles. The van der Waals surface area contributed by atoms with Crippen molar-refractivity contribution in [3.05, 3.63) is 103 Å². The molecule has 0 amide bonds. The second kappa shape index (κ2) is 11.4. The summed E-state index contributed by atoms with van der Waals surface area (Å²) in [4.78, 5) is 0. The van der Waals surface area contributed by atoms with Crippen LogP contribution in [0.5, 0.6) is 0 Å². The van der Waals surface area contributed by atoms with Gasteiger partial charge in [0.05, 0.1) is 0 Å². The Hall–Kier alpha value is -1.77. The Bertz CT molecular complexity index is 782. The summed E-state index contributed by atoms with van der Waals surface area (Å²) in [6.07, 6.45) is 2.94. The van der Waals surface area contributed by atoms with Gasteiger partial charge in [-0.25, -0.2) is 0 Å². The summed E-state index contributed by atoms with van der Waals surface area (Å²) in [6, 6.07) is 32.8. The molecule has 2 nitrogen and oxygen atoms in total. The van der Waals surface area contributed by atoms with Gasteiger partial charge in [0.2, 0.25) is 0 Å². The van der Waals surface area contributed by atoms with E-state index in [2.05, 4.69) is 104 Å². The predicted molar refractivity (Wildman–Crippen MR) is 133 cm³/mol. The van der Waals surface area contributed by atoms with E-state index >= 15 is 0 Å². The van der Waals surface area contributed by atoms with Gasteiger partial charge in [-0.3, -0.25) is 0 Å². The Kier molecular flexibility index (Phi) is 9.26. The van der Waals surface area contributed by atoms with E-state index in [0.717, 1.165) is 11.7 Å². The SMILES string of the molecule is Br.COC(OC)C(C)=CC[PH](c1ccccc1)(c1ccccc1)c1ccccc1. The second-order valence-corrected chi connectivity index (χ2v) is 10.9. The van der Waals surface area contributed by atoms with Crippen LogP contribution in [0.2, 0.25) is 0 Å². The molecule has 0 aliphatic rings. The van der Waals surface area contributed by atoms with Crippen LogP contribution in [0.25, 0.3) is 0 Å². The minimum absolute atomic E-state index is 0. The Morgan fingerprint density at radius 3 is 1.38 bits per heavy atom. The van der Waals surface area contributed by atoms with E-state index < -0.39 is 7.26 Å². The van der Waals surface area contributed by atoms with E-state index in [0.29, 0.717) is 0 Å². The third-order valence-electron chi connectivity index (χ3n) is 5.33. The predicted octanol–water partition coefficient (Wildman–Crippen LogP) is 4.86. The zero-order valence-corrected chi connectivity index (χ0v) is 20.0. The van der Waals surface area contributed by atoms with Crippen molar-refractivity contribution in [2.75, 3.05) is 20.4 Å². The summed E-state index contributed by atoms with van der Waals surface area (Å²) in [5.41, 5.74) is 1.10. The van der Waals surface area contributed by atoms with Crippen LogP contribution < -0.4 is 15.9 Å². The first kappa shape index (κ1) is 23.5. The van der Waals surface area contributed by atoms with Crippen molar-refractivity contribution in [3.8, 4) is 0 Å². The maximum atomic E-state index is 5.47. The molecule has 3 aromatic rings. The van der Waals surface area contributed by atoms with E-state index in [1.54, 1.807) is 14.2 Å². The van der Waals surface area contributed by atoms with Crippen LogP contribution in [0.3, 0.4) is 0 Å². The van der Waals surface area contributed by atoms with Gasteiger partial charge in [0.15, 0.2) is 0 Å². The Morgan fingerprint density at radius 1 is 0.724 bits per heavy atom. The van der Waals surface area contributed by atoms with Crippen molar-refractivity contribution in [1.82, 2.24) is 0 Å². The molecular formula is C25H30BrO2P.